The molecule has 1 amide bonds. The van der Waals surface area contributed by atoms with E-state index in [0.29, 0.717) is 19.8 Å². The first-order valence-electron chi connectivity index (χ1n) is 7.53. The summed E-state index contributed by atoms with van der Waals surface area (Å²) in [4.78, 5) is 14.0. The van der Waals surface area contributed by atoms with Crippen molar-refractivity contribution in [3.05, 3.63) is 28.8 Å². The number of carbonyl (C=O) groups is 1. The van der Waals surface area contributed by atoms with Crippen molar-refractivity contribution in [2.45, 2.75) is 6.18 Å². The average Bonchev–Trinajstić information content (AvgIpc) is 2.53. The van der Waals surface area contributed by atoms with Gasteiger partial charge in [0.15, 0.2) is 0 Å². The molecule has 1 aliphatic rings. The van der Waals surface area contributed by atoms with Gasteiger partial charge in [-0.1, -0.05) is 11.6 Å². The summed E-state index contributed by atoms with van der Waals surface area (Å²) in [5.74, 6) is -0.537. The van der Waals surface area contributed by atoms with Gasteiger partial charge < -0.3 is 15.4 Å². The minimum absolute atomic E-state index is 0.0380. The minimum atomic E-state index is -4.59. The van der Waals surface area contributed by atoms with Gasteiger partial charge in [0.2, 0.25) is 5.91 Å². The number of hydrogen-bond donors (Lipinski definition) is 2. The fraction of sp³-hybridized carbons (Fsp3) is 0.533. The van der Waals surface area contributed by atoms with E-state index in [4.69, 9.17) is 16.3 Å². The summed E-state index contributed by atoms with van der Waals surface area (Å²) in [5, 5.41) is 5.15. The number of halogens is 4. The summed E-state index contributed by atoms with van der Waals surface area (Å²) in [5.41, 5.74) is -1.26. The first-order valence-corrected chi connectivity index (χ1v) is 7.91. The lowest BCUT2D eigenvalue weighted by molar-refractivity contribution is -0.137. The molecular formula is C15H19ClF3N3O2. The second-order valence-corrected chi connectivity index (χ2v) is 5.80. The van der Waals surface area contributed by atoms with Crippen LogP contribution in [-0.2, 0) is 15.7 Å². The molecule has 0 spiro atoms. The van der Waals surface area contributed by atoms with Gasteiger partial charge in [0, 0.05) is 31.2 Å². The lowest BCUT2D eigenvalue weighted by Gasteiger charge is -2.26. The van der Waals surface area contributed by atoms with Crippen LogP contribution < -0.4 is 10.6 Å². The van der Waals surface area contributed by atoms with E-state index in [1.54, 1.807) is 0 Å². The highest BCUT2D eigenvalue weighted by Crippen LogP contribution is 2.36. The van der Waals surface area contributed by atoms with Crippen LogP contribution in [0.2, 0.25) is 5.02 Å². The van der Waals surface area contributed by atoms with Crippen LogP contribution in [0.3, 0.4) is 0 Å². The van der Waals surface area contributed by atoms with Gasteiger partial charge in [-0.3, -0.25) is 9.69 Å². The molecule has 1 aliphatic heterocycles. The fourth-order valence-electron chi connectivity index (χ4n) is 2.32. The van der Waals surface area contributed by atoms with Gasteiger partial charge >= 0.3 is 6.18 Å². The highest BCUT2D eigenvalue weighted by Gasteiger charge is 2.34. The van der Waals surface area contributed by atoms with Crippen molar-refractivity contribution in [1.29, 1.82) is 0 Å². The molecule has 134 valence electrons. The van der Waals surface area contributed by atoms with Crippen LogP contribution in [0.15, 0.2) is 18.2 Å². The standard InChI is InChI=1S/C15H19ClF3N3O2/c16-11-1-2-13(12(9-11)15(17,18)19)21-14(23)10-20-3-4-22-5-7-24-8-6-22/h1-2,9,20H,3-8,10H2,(H,21,23). The van der Waals surface area contributed by atoms with Crippen LogP contribution >= 0.6 is 11.6 Å². The van der Waals surface area contributed by atoms with Crippen molar-refractivity contribution in [3.63, 3.8) is 0 Å². The maximum Gasteiger partial charge on any atom is 0.418 e. The monoisotopic (exact) mass is 365 g/mol. The molecule has 2 N–H and O–H groups in total. The second kappa shape index (κ2) is 8.66. The normalized spacial score (nSPS) is 16.2. The number of rotatable bonds is 6. The smallest absolute Gasteiger partial charge is 0.379 e. The van der Waals surface area contributed by atoms with E-state index in [1.807, 2.05) is 0 Å². The number of anilines is 1. The highest BCUT2D eigenvalue weighted by atomic mass is 35.5. The van der Waals surface area contributed by atoms with Crippen molar-refractivity contribution in [3.8, 4) is 0 Å². The Labute approximate surface area is 143 Å². The zero-order chi connectivity index (χ0) is 17.6. The number of morpholine rings is 1. The van der Waals surface area contributed by atoms with E-state index >= 15 is 0 Å². The molecule has 0 aliphatic carbocycles. The predicted octanol–water partition coefficient (Wildman–Crippen LogP) is 2.22. The molecule has 0 atom stereocenters. The van der Waals surface area contributed by atoms with Gasteiger partial charge in [-0.05, 0) is 18.2 Å². The Morgan fingerprint density at radius 3 is 2.67 bits per heavy atom. The predicted molar refractivity (Wildman–Crippen MR) is 85.2 cm³/mol. The third-order valence-electron chi connectivity index (χ3n) is 3.56. The van der Waals surface area contributed by atoms with E-state index in [1.165, 1.54) is 6.07 Å². The molecule has 1 saturated heterocycles. The molecule has 24 heavy (non-hydrogen) atoms. The third-order valence-corrected chi connectivity index (χ3v) is 3.79. The summed E-state index contributed by atoms with van der Waals surface area (Å²) in [6.07, 6.45) is -4.59. The highest BCUT2D eigenvalue weighted by molar-refractivity contribution is 6.30. The Kier molecular flexibility index (Phi) is 6.85. The number of carbonyl (C=O) groups excluding carboxylic acids is 1. The molecule has 0 aromatic heterocycles. The van der Waals surface area contributed by atoms with Crippen LogP contribution in [0.5, 0.6) is 0 Å². The zero-order valence-corrected chi connectivity index (χ0v) is 13.7. The Balaban J connectivity index is 1.80. The van der Waals surface area contributed by atoms with Gasteiger partial charge in [0.1, 0.15) is 0 Å². The molecule has 5 nitrogen and oxygen atoms in total. The van der Waals surface area contributed by atoms with Crippen LogP contribution in [-0.4, -0.2) is 56.7 Å². The van der Waals surface area contributed by atoms with Crippen LogP contribution in [0, 0.1) is 0 Å². The molecule has 0 saturated carbocycles. The summed E-state index contributed by atoms with van der Waals surface area (Å²) in [6.45, 7) is 4.32. The SMILES string of the molecule is O=C(CNCCN1CCOCC1)Nc1ccc(Cl)cc1C(F)(F)F. The molecule has 0 unspecified atom stereocenters. The molecule has 1 fully saturated rings. The number of benzene rings is 1. The molecule has 0 bridgehead atoms. The Hall–Kier alpha value is -1.35. The molecule has 1 aromatic carbocycles. The van der Waals surface area contributed by atoms with Crippen LogP contribution in [0.25, 0.3) is 0 Å². The van der Waals surface area contributed by atoms with Crippen molar-refractivity contribution in [2.75, 3.05) is 51.3 Å². The summed E-state index contributed by atoms with van der Waals surface area (Å²) in [7, 11) is 0. The maximum atomic E-state index is 12.9. The summed E-state index contributed by atoms with van der Waals surface area (Å²) >= 11 is 5.60. The maximum absolute atomic E-state index is 12.9. The van der Waals surface area contributed by atoms with E-state index in [-0.39, 0.29) is 17.3 Å². The first kappa shape index (κ1) is 19.0. The van der Waals surface area contributed by atoms with E-state index in [9.17, 15) is 18.0 Å². The van der Waals surface area contributed by atoms with Gasteiger partial charge in [0.05, 0.1) is 31.0 Å². The summed E-state index contributed by atoms with van der Waals surface area (Å²) < 4.78 is 44.1. The second-order valence-electron chi connectivity index (χ2n) is 5.37. The summed E-state index contributed by atoms with van der Waals surface area (Å²) in [6, 6.07) is 3.25. The number of nitrogens with one attached hydrogen (secondary N) is 2. The van der Waals surface area contributed by atoms with E-state index in [0.717, 1.165) is 31.8 Å². The van der Waals surface area contributed by atoms with Crippen molar-refractivity contribution >= 4 is 23.2 Å². The Morgan fingerprint density at radius 1 is 1.29 bits per heavy atom. The van der Waals surface area contributed by atoms with Gasteiger partial charge in [0.25, 0.3) is 0 Å². The largest absolute Gasteiger partial charge is 0.418 e. The quantitative estimate of drug-likeness (QED) is 0.759. The van der Waals surface area contributed by atoms with E-state index in [2.05, 4.69) is 15.5 Å². The molecular weight excluding hydrogens is 347 g/mol. The Bertz CT molecular complexity index is 563. The molecule has 9 heteroatoms. The number of hydrogen-bond acceptors (Lipinski definition) is 4. The minimum Gasteiger partial charge on any atom is -0.379 e. The molecule has 0 radical (unpaired) electrons. The van der Waals surface area contributed by atoms with Gasteiger partial charge in [-0.2, -0.15) is 13.2 Å². The number of ether oxygens (including phenoxy) is 1. The fourth-order valence-corrected chi connectivity index (χ4v) is 2.49. The lowest BCUT2D eigenvalue weighted by Crippen LogP contribution is -2.41. The first-order chi connectivity index (χ1) is 11.4. The topological polar surface area (TPSA) is 53.6 Å². The van der Waals surface area contributed by atoms with Crippen molar-refractivity contribution < 1.29 is 22.7 Å². The van der Waals surface area contributed by atoms with E-state index < -0.39 is 17.6 Å². The number of nitrogens with zero attached hydrogens (tertiary/aromatic N) is 1. The van der Waals surface area contributed by atoms with Gasteiger partial charge in [-0.25, -0.2) is 0 Å². The molecule has 1 aromatic rings. The molecule has 2 rings (SSSR count). The Morgan fingerprint density at radius 2 is 2.00 bits per heavy atom. The average molecular weight is 366 g/mol. The lowest BCUT2D eigenvalue weighted by atomic mass is 10.1. The van der Waals surface area contributed by atoms with Crippen LogP contribution in [0.4, 0.5) is 18.9 Å². The number of amides is 1. The van der Waals surface area contributed by atoms with Crippen molar-refractivity contribution in [1.82, 2.24) is 10.2 Å². The third kappa shape index (κ3) is 5.94. The van der Waals surface area contributed by atoms with Crippen LogP contribution in [0.1, 0.15) is 5.56 Å². The van der Waals surface area contributed by atoms with Crippen molar-refractivity contribution in [2.24, 2.45) is 0 Å². The number of alkyl halides is 3. The molecule has 1 heterocycles. The van der Waals surface area contributed by atoms with Gasteiger partial charge in [-0.15, -0.1) is 0 Å². The zero-order valence-electron chi connectivity index (χ0n) is 13.0.